The van der Waals surface area contributed by atoms with E-state index >= 15 is 0 Å². The number of fused-ring (bicyclic) bond motifs is 1. The zero-order chi connectivity index (χ0) is 9.47. The molecule has 2 aliphatic rings. The van der Waals surface area contributed by atoms with E-state index in [2.05, 4.69) is 13.8 Å². The maximum Gasteiger partial charge on any atom is 0.0645 e. The number of hydrogen-bond donors (Lipinski definition) is 1. The highest BCUT2D eigenvalue weighted by molar-refractivity contribution is 4.93. The molecular formula is C11H21NO. The molecule has 13 heavy (non-hydrogen) atoms. The fourth-order valence-corrected chi connectivity index (χ4v) is 2.94. The van der Waals surface area contributed by atoms with Gasteiger partial charge in [-0.15, -0.1) is 0 Å². The standard InChI is InChI=1S/C11H21NO/c1-11(2)7-9(12)8-5-3-4-6-10(8)13-11/h8-10H,3-7,12H2,1-2H3. The van der Waals surface area contributed by atoms with Crippen LogP contribution in [0.4, 0.5) is 0 Å². The summed E-state index contributed by atoms with van der Waals surface area (Å²) in [5, 5.41) is 0. The highest BCUT2D eigenvalue weighted by Crippen LogP contribution is 2.38. The molecule has 2 nitrogen and oxygen atoms in total. The molecule has 1 aliphatic carbocycles. The molecule has 1 saturated carbocycles. The number of ether oxygens (including phenoxy) is 1. The minimum absolute atomic E-state index is 0.0118. The predicted octanol–water partition coefficient (Wildman–Crippen LogP) is 2.07. The molecule has 0 aromatic heterocycles. The van der Waals surface area contributed by atoms with Gasteiger partial charge in [0.1, 0.15) is 0 Å². The quantitative estimate of drug-likeness (QED) is 0.624. The molecule has 1 heterocycles. The third kappa shape index (κ3) is 1.89. The van der Waals surface area contributed by atoms with Gasteiger partial charge in [0.2, 0.25) is 0 Å². The Labute approximate surface area is 80.8 Å². The summed E-state index contributed by atoms with van der Waals surface area (Å²) in [6.45, 7) is 4.33. The second-order valence-electron chi connectivity index (χ2n) is 5.23. The van der Waals surface area contributed by atoms with Crippen LogP contribution in [0.3, 0.4) is 0 Å². The molecule has 76 valence electrons. The molecule has 1 saturated heterocycles. The summed E-state index contributed by atoms with van der Waals surface area (Å²) in [5.41, 5.74) is 6.20. The van der Waals surface area contributed by atoms with Gasteiger partial charge < -0.3 is 10.5 Å². The lowest BCUT2D eigenvalue weighted by molar-refractivity contribution is -0.153. The molecule has 0 aromatic rings. The van der Waals surface area contributed by atoms with Crippen LogP contribution in [0.25, 0.3) is 0 Å². The first-order valence-electron chi connectivity index (χ1n) is 5.52. The Morgan fingerprint density at radius 2 is 1.92 bits per heavy atom. The topological polar surface area (TPSA) is 35.2 Å². The average Bonchev–Trinajstić information content (AvgIpc) is 2.02. The Kier molecular flexibility index (Phi) is 2.37. The van der Waals surface area contributed by atoms with Crippen molar-refractivity contribution in [1.82, 2.24) is 0 Å². The zero-order valence-electron chi connectivity index (χ0n) is 8.75. The summed E-state index contributed by atoms with van der Waals surface area (Å²) in [5.74, 6) is 0.641. The zero-order valence-corrected chi connectivity index (χ0v) is 8.75. The maximum atomic E-state index is 6.18. The van der Waals surface area contributed by atoms with Crippen molar-refractivity contribution in [2.75, 3.05) is 0 Å². The summed E-state index contributed by atoms with van der Waals surface area (Å²) in [6.07, 6.45) is 6.65. The van der Waals surface area contributed by atoms with E-state index in [4.69, 9.17) is 10.5 Å². The lowest BCUT2D eigenvalue weighted by atomic mass is 9.75. The Morgan fingerprint density at radius 3 is 2.69 bits per heavy atom. The minimum atomic E-state index is 0.0118. The molecule has 3 unspecified atom stereocenters. The molecule has 0 bridgehead atoms. The van der Waals surface area contributed by atoms with E-state index in [0.717, 1.165) is 6.42 Å². The number of nitrogens with two attached hydrogens (primary N) is 1. The van der Waals surface area contributed by atoms with E-state index in [9.17, 15) is 0 Å². The fourth-order valence-electron chi connectivity index (χ4n) is 2.94. The summed E-state index contributed by atoms with van der Waals surface area (Å²) >= 11 is 0. The van der Waals surface area contributed by atoms with Crippen LogP contribution < -0.4 is 5.73 Å². The second-order valence-corrected chi connectivity index (χ2v) is 5.23. The van der Waals surface area contributed by atoms with Crippen molar-refractivity contribution < 1.29 is 4.74 Å². The van der Waals surface area contributed by atoms with Gasteiger partial charge in [-0.3, -0.25) is 0 Å². The van der Waals surface area contributed by atoms with Gasteiger partial charge in [0.25, 0.3) is 0 Å². The van der Waals surface area contributed by atoms with Crippen molar-refractivity contribution in [3.63, 3.8) is 0 Å². The minimum Gasteiger partial charge on any atom is -0.372 e. The molecule has 2 heteroatoms. The molecule has 2 rings (SSSR count). The number of hydrogen-bond acceptors (Lipinski definition) is 2. The van der Waals surface area contributed by atoms with Gasteiger partial charge >= 0.3 is 0 Å². The van der Waals surface area contributed by atoms with Gasteiger partial charge in [-0.2, -0.15) is 0 Å². The molecule has 2 fully saturated rings. The van der Waals surface area contributed by atoms with Crippen LogP contribution in [-0.4, -0.2) is 17.7 Å². The van der Waals surface area contributed by atoms with Gasteiger partial charge in [-0.25, -0.2) is 0 Å². The molecule has 0 radical (unpaired) electrons. The van der Waals surface area contributed by atoms with Crippen molar-refractivity contribution in [2.45, 2.75) is 63.7 Å². The lowest BCUT2D eigenvalue weighted by Crippen LogP contribution is -2.53. The van der Waals surface area contributed by atoms with Crippen molar-refractivity contribution in [3.8, 4) is 0 Å². The van der Waals surface area contributed by atoms with E-state index in [0.29, 0.717) is 18.1 Å². The summed E-state index contributed by atoms with van der Waals surface area (Å²) in [6, 6.07) is 0.369. The van der Waals surface area contributed by atoms with Gasteiger partial charge in [0.15, 0.2) is 0 Å². The van der Waals surface area contributed by atoms with Crippen molar-refractivity contribution >= 4 is 0 Å². The van der Waals surface area contributed by atoms with E-state index in [1.54, 1.807) is 0 Å². The van der Waals surface area contributed by atoms with Crippen LogP contribution in [0, 0.1) is 5.92 Å². The molecule has 0 spiro atoms. The Hall–Kier alpha value is -0.0800. The van der Waals surface area contributed by atoms with E-state index in [1.165, 1.54) is 25.7 Å². The van der Waals surface area contributed by atoms with E-state index < -0.39 is 0 Å². The average molecular weight is 183 g/mol. The van der Waals surface area contributed by atoms with Crippen LogP contribution in [0.15, 0.2) is 0 Å². The van der Waals surface area contributed by atoms with Crippen LogP contribution in [0.5, 0.6) is 0 Å². The van der Waals surface area contributed by atoms with Gasteiger partial charge in [-0.1, -0.05) is 12.8 Å². The van der Waals surface area contributed by atoms with Crippen LogP contribution in [0.2, 0.25) is 0 Å². The SMILES string of the molecule is CC1(C)CC(N)C2CCCCC2O1. The first-order chi connectivity index (χ1) is 6.08. The first kappa shape index (κ1) is 9.47. The van der Waals surface area contributed by atoms with E-state index in [1.807, 2.05) is 0 Å². The molecular weight excluding hydrogens is 162 g/mol. The molecule has 1 aliphatic heterocycles. The second kappa shape index (κ2) is 3.25. The van der Waals surface area contributed by atoms with Gasteiger partial charge in [0.05, 0.1) is 11.7 Å². The largest absolute Gasteiger partial charge is 0.372 e. The summed E-state index contributed by atoms with van der Waals surface area (Å²) in [4.78, 5) is 0. The van der Waals surface area contributed by atoms with E-state index in [-0.39, 0.29) is 5.60 Å². The Balaban J connectivity index is 2.07. The molecule has 2 N–H and O–H groups in total. The summed E-state index contributed by atoms with van der Waals surface area (Å²) < 4.78 is 6.07. The third-order valence-corrected chi connectivity index (χ3v) is 3.50. The third-order valence-electron chi connectivity index (χ3n) is 3.50. The molecule has 0 aromatic carbocycles. The van der Waals surface area contributed by atoms with Crippen molar-refractivity contribution in [3.05, 3.63) is 0 Å². The maximum absolute atomic E-state index is 6.18. The first-order valence-corrected chi connectivity index (χ1v) is 5.52. The van der Waals surface area contributed by atoms with Gasteiger partial charge in [0, 0.05) is 12.0 Å². The highest BCUT2D eigenvalue weighted by Gasteiger charge is 2.41. The fraction of sp³-hybridized carbons (Fsp3) is 1.00. The lowest BCUT2D eigenvalue weighted by Gasteiger charge is -2.47. The Morgan fingerprint density at radius 1 is 1.23 bits per heavy atom. The molecule has 0 amide bonds. The van der Waals surface area contributed by atoms with Crippen LogP contribution in [-0.2, 0) is 4.74 Å². The summed E-state index contributed by atoms with van der Waals surface area (Å²) in [7, 11) is 0. The highest BCUT2D eigenvalue weighted by atomic mass is 16.5. The predicted molar refractivity (Wildman–Crippen MR) is 53.5 cm³/mol. The van der Waals surface area contributed by atoms with Crippen LogP contribution >= 0.6 is 0 Å². The van der Waals surface area contributed by atoms with Crippen molar-refractivity contribution in [2.24, 2.45) is 11.7 Å². The monoisotopic (exact) mass is 183 g/mol. The normalized spacial score (nSPS) is 44.1. The molecule has 3 atom stereocenters. The van der Waals surface area contributed by atoms with Crippen molar-refractivity contribution in [1.29, 1.82) is 0 Å². The number of rotatable bonds is 0. The van der Waals surface area contributed by atoms with Crippen LogP contribution in [0.1, 0.15) is 46.0 Å². The van der Waals surface area contributed by atoms with Gasteiger partial charge in [-0.05, 0) is 33.1 Å². The Bertz CT molecular complexity index is 191. The smallest absolute Gasteiger partial charge is 0.0645 e.